The summed E-state index contributed by atoms with van der Waals surface area (Å²) in [7, 11) is -2.18. The summed E-state index contributed by atoms with van der Waals surface area (Å²) in [4.78, 5) is 10.8. The zero-order valence-electron chi connectivity index (χ0n) is 14.8. The van der Waals surface area contributed by atoms with E-state index in [1.165, 1.54) is 16.4 Å². The van der Waals surface area contributed by atoms with Gasteiger partial charge in [-0.3, -0.25) is 10.1 Å². The summed E-state index contributed by atoms with van der Waals surface area (Å²) in [6.45, 7) is 5.19. The largest absolute Gasteiger partial charge is 0.383 e. The van der Waals surface area contributed by atoms with Crippen molar-refractivity contribution in [1.29, 1.82) is 0 Å². The molecule has 0 spiro atoms. The fraction of sp³-hybridized carbons (Fsp3) is 0.625. The second kappa shape index (κ2) is 8.11. The summed E-state index contributed by atoms with van der Waals surface area (Å²) in [6.07, 6.45) is 1.60. The molecule has 2 rings (SSSR count). The molecule has 140 valence electrons. The predicted octanol–water partition coefficient (Wildman–Crippen LogP) is 2.46. The minimum Gasteiger partial charge on any atom is -0.383 e. The second-order valence-electron chi connectivity index (χ2n) is 6.52. The average Bonchev–Trinajstić information content (AvgIpc) is 2.55. The van der Waals surface area contributed by atoms with E-state index in [1.807, 2.05) is 6.92 Å². The number of nitrogens with one attached hydrogen (secondary N) is 1. The molecule has 1 aliphatic heterocycles. The Morgan fingerprint density at radius 3 is 2.60 bits per heavy atom. The first-order valence-corrected chi connectivity index (χ1v) is 9.73. The highest BCUT2D eigenvalue weighted by atomic mass is 32.2. The maximum Gasteiger partial charge on any atom is 0.293 e. The zero-order valence-corrected chi connectivity index (χ0v) is 15.6. The lowest BCUT2D eigenvalue weighted by atomic mass is 10.0. The monoisotopic (exact) mass is 371 g/mol. The number of anilines is 1. The molecule has 1 heterocycles. The Hall–Kier alpha value is -1.71. The molecule has 1 fully saturated rings. The van der Waals surface area contributed by atoms with E-state index in [9.17, 15) is 18.5 Å². The van der Waals surface area contributed by atoms with Gasteiger partial charge in [-0.25, -0.2) is 8.42 Å². The van der Waals surface area contributed by atoms with E-state index in [1.54, 1.807) is 7.11 Å². The Bertz CT molecular complexity index is 714. The van der Waals surface area contributed by atoms with Crippen LogP contribution in [-0.2, 0) is 14.8 Å². The van der Waals surface area contributed by atoms with Crippen molar-refractivity contribution in [3.8, 4) is 0 Å². The number of nitro benzene ring substituents is 1. The van der Waals surface area contributed by atoms with Crippen molar-refractivity contribution in [2.45, 2.75) is 37.6 Å². The van der Waals surface area contributed by atoms with Crippen LogP contribution < -0.4 is 5.32 Å². The Morgan fingerprint density at radius 2 is 2.04 bits per heavy atom. The molecule has 1 aromatic rings. The third-order valence-corrected chi connectivity index (χ3v) is 6.26. The third kappa shape index (κ3) is 4.68. The molecular weight excluding hydrogens is 346 g/mol. The molecule has 0 unspecified atom stereocenters. The van der Waals surface area contributed by atoms with Crippen molar-refractivity contribution in [3.05, 3.63) is 28.3 Å². The van der Waals surface area contributed by atoms with Crippen molar-refractivity contribution in [1.82, 2.24) is 4.31 Å². The fourth-order valence-corrected chi connectivity index (χ4v) is 4.37. The van der Waals surface area contributed by atoms with Gasteiger partial charge in [-0.15, -0.1) is 0 Å². The van der Waals surface area contributed by atoms with Gasteiger partial charge in [-0.2, -0.15) is 4.31 Å². The molecule has 0 bridgehead atoms. The Balaban J connectivity index is 2.30. The predicted molar refractivity (Wildman–Crippen MR) is 95.2 cm³/mol. The minimum absolute atomic E-state index is 0.0429. The van der Waals surface area contributed by atoms with E-state index in [2.05, 4.69) is 12.2 Å². The van der Waals surface area contributed by atoms with Crippen molar-refractivity contribution >= 4 is 21.4 Å². The van der Waals surface area contributed by atoms with Gasteiger partial charge >= 0.3 is 0 Å². The lowest BCUT2D eigenvalue weighted by molar-refractivity contribution is -0.384. The van der Waals surface area contributed by atoms with Crippen LogP contribution in [0.4, 0.5) is 11.4 Å². The molecule has 1 atom stereocenters. The molecule has 0 amide bonds. The van der Waals surface area contributed by atoms with Crippen LogP contribution in [0.5, 0.6) is 0 Å². The summed E-state index contributed by atoms with van der Waals surface area (Å²) in [5, 5.41) is 14.4. The van der Waals surface area contributed by atoms with Gasteiger partial charge in [0.2, 0.25) is 10.0 Å². The van der Waals surface area contributed by atoms with Crippen LogP contribution in [0, 0.1) is 16.0 Å². The van der Waals surface area contributed by atoms with Gasteiger partial charge in [0, 0.05) is 32.3 Å². The van der Waals surface area contributed by atoms with Crippen molar-refractivity contribution in [2.24, 2.45) is 5.92 Å². The second-order valence-corrected chi connectivity index (χ2v) is 8.46. The van der Waals surface area contributed by atoms with Gasteiger partial charge in [-0.1, -0.05) is 6.92 Å². The molecule has 0 aromatic heterocycles. The molecule has 8 nitrogen and oxygen atoms in total. The molecule has 0 radical (unpaired) electrons. The van der Waals surface area contributed by atoms with E-state index in [-0.39, 0.29) is 22.3 Å². The van der Waals surface area contributed by atoms with E-state index in [0.717, 1.165) is 18.9 Å². The molecule has 1 aromatic carbocycles. The number of nitro groups is 1. The van der Waals surface area contributed by atoms with Crippen LogP contribution in [0.3, 0.4) is 0 Å². The molecule has 0 saturated carbocycles. The highest BCUT2D eigenvalue weighted by Gasteiger charge is 2.30. The summed E-state index contributed by atoms with van der Waals surface area (Å²) in [6, 6.07) is 3.86. The maximum atomic E-state index is 12.8. The Kier molecular flexibility index (Phi) is 6.36. The molecule has 9 heteroatoms. The first-order valence-electron chi connectivity index (χ1n) is 8.29. The summed E-state index contributed by atoms with van der Waals surface area (Å²) in [5.74, 6) is 0.495. The van der Waals surface area contributed by atoms with E-state index < -0.39 is 14.9 Å². The van der Waals surface area contributed by atoms with Crippen LogP contribution in [0.25, 0.3) is 0 Å². The SMILES string of the molecule is COC[C@@H](C)Nc1ccc(S(=O)(=O)N2CCC(C)CC2)cc1[N+](=O)[O-]. The molecule has 1 aliphatic rings. The standard InChI is InChI=1S/C16H25N3O5S/c1-12-6-8-18(9-7-12)25(22,23)14-4-5-15(16(10-14)19(20)21)17-13(2)11-24-3/h4-5,10,12-13,17H,6-9,11H2,1-3H3/t13-/m1/s1. The van der Waals surface area contributed by atoms with Crippen LogP contribution in [-0.4, -0.2) is 50.5 Å². The average molecular weight is 371 g/mol. The number of sulfonamides is 1. The number of benzene rings is 1. The summed E-state index contributed by atoms with van der Waals surface area (Å²) in [5.41, 5.74) is 0.0233. The van der Waals surface area contributed by atoms with Gasteiger partial charge in [0.15, 0.2) is 0 Å². The van der Waals surface area contributed by atoms with E-state index in [4.69, 9.17) is 4.74 Å². The number of nitrogens with zero attached hydrogens (tertiary/aromatic N) is 2. The third-order valence-electron chi connectivity index (χ3n) is 4.36. The van der Waals surface area contributed by atoms with Crippen LogP contribution >= 0.6 is 0 Å². The van der Waals surface area contributed by atoms with E-state index >= 15 is 0 Å². The number of hydrogen-bond acceptors (Lipinski definition) is 6. The molecule has 0 aliphatic carbocycles. The highest BCUT2D eigenvalue weighted by molar-refractivity contribution is 7.89. The van der Waals surface area contributed by atoms with Gasteiger partial charge in [0.25, 0.3) is 5.69 Å². The summed E-state index contributed by atoms with van der Waals surface area (Å²) < 4.78 is 32.0. The number of piperidine rings is 1. The smallest absolute Gasteiger partial charge is 0.293 e. The van der Waals surface area contributed by atoms with Crippen molar-refractivity contribution in [3.63, 3.8) is 0 Å². The molecule has 1 N–H and O–H groups in total. The van der Waals surface area contributed by atoms with E-state index in [0.29, 0.717) is 25.6 Å². The molecule has 25 heavy (non-hydrogen) atoms. The molecular formula is C16H25N3O5S. The number of methoxy groups -OCH3 is 1. The number of hydrogen-bond donors (Lipinski definition) is 1. The quantitative estimate of drug-likeness (QED) is 0.583. The number of rotatable bonds is 7. The lowest BCUT2D eigenvalue weighted by Crippen LogP contribution is -2.37. The first-order chi connectivity index (χ1) is 11.8. The van der Waals surface area contributed by atoms with Gasteiger partial charge in [0.1, 0.15) is 5.69 Å². The van der Waals surface area contributed by atoms with Gasteiger partial charge in [0.05, 0.1) is 16.4 Å². The maximum absolute atomic E-state index is 12.8. The minimum atomic E-state index is -3.72. The lowest BCUT2D eigenvalue weighted by Gasteiger charge is -2.29. The topological polar surface area (TPSA) is 102 Å². The summed E-state index contributed by atoms with van der Waals surface area (Å²) >= 11 is 0. The Morgan fingerprint density at radius 1 is 1.40 bits per heavy atom. The normalized spacial score (nSPS) is 18.0. The highest BCUT2D eigenvalue weighted by Crippen LogP contribution is 2.31. The van der Waals surface area contributed by atoms with Crippen molar-refractivity contribution in [2.75, 3.05) is 32.1 Å². The van der Waals surface area contributed by atoms with Crippen LogP contribution in [0.2, 0.25) is 0 Å². The van der Waals surface area contributed by atoms with Crippen molar-refractivity contribution < 1.29 is 18.1 Å². The van der Waals surface area contributed by atoms with Crippen LogP contribution in [0.15, 0.2) is 23.1 Å². The van der Waals surface area contributed by atoms with Crippen LogP contribution in [0.1, 0.15) is 26.7 Å². The first kappa shape index (κ1) is 19.6. The Labute approximate surface area is 148 Å². The zero-order chi connectivity index (χ0) is 18.6. The fourth-order valence-electron chi connectivity index (χ4n) is 2.88. The molecule has 1 saturated heterocycles. The number of ether oxygens (including phenoxy) is 1. The van der Waals surface area contributed by atoms with Gasteiger partial charge < -0.3 is 10.1 Å². The van der Waals surface area contributed by atoms with Gasteiger partial charge in [-0.05, 0) is 37.8 Å².